The first-order valence-corrected chi connectivity index (χ1v) is 5.37. The van der Waals surface area contributed by atoms with Gasteiger partial charge in [-0.15, -0.1) is 0 Å². The second kappa shape index (κ2) is 6.22. The molecular weight excluding hydrogens is 220 g/mol. The summed E-state index contributed by atoms with van der Waals surface area (Å²) in [6.45, 7) is 0.311. The summed E-state index contributed by atoms with van der Waals surface area (Å²) in [7, 11) is 3.21. The van der Waals surface area contributed by atoms with Crippen LogP contribution in [-0.2, 0) is 9.53 Å². The summed E-state index contributed by atoms with van der Waals surface area (Å²) in [5, 5.41) is 9.16. The second-order valence-corrected chi connectivity index (χ2v) is 3.77. The van der Waals surface area contributed by atoms with Crippen LogP contribution in [0.4, 0.5) is 5.69 Å². The highest BCUT2D eigenvalue weighted by atomic mass is 16.5. The van der Waals surface area contributed by atoms with E-state index < -0.39 is 0 Å². The van der Waals surface area contributed by atoms with E-state index in [1.807, 2.05) is 0 Å². The summed E-state index contributed by atoms with van der Waals surface area (Å²) in [6.07, 6.45) is -0.0215. The molecule has 0 spiro atoms. The van der Waals surface area contributed by atoms with E-state index in [1.54, 1.807) is 19.2 Å². The Hall–Kier alpha value is -1.59. The number of phenols is 1. The summed E-state index contributed by atoms with van der Waals surface area (Å²) in [6, 6.07) is 6.43. The van der Waals surface area contributed by atoms with Crippen molar-refractivity contribution < 1.29 is 14.6 Å². The standard InChI is InChI=1S/C12H18N2O3/c1-14(9-3-5-10(15)6-4-9)12(16)7-11(8-13)17-2/h3-6,11,15H,7-8,13H2,1-2H3. The molecule has 17 heavy (non-hydrogen) atoms. The Morgan fingerprint density at radius 1 is 1.47 bits per heavy atom. The number of hydrogen-bond donors (Lipinski definition) is 2. The van der Waals surface area contributed by atoms with Crippen molar-refractivity contribution in [1.29, 1.82) is 0 Å². The lowest BCUT2D eigenvalue weighted by molar-refractivity contribution is -0.120. The number of anilines is 1. The van der Waals surface area contributed by atoms with E-state index >= 15 is 0 Å². The molecule has 0 saturated heterocycles. The molecule has 1 rings (SSSR count). The molecule has 1 atom stereocenters. The maximum absolute atomic E-state index is 11.9. The van der Waals surface area contributed by atoms with Gasteiger partial charge in [-0.05, 0) is 24.3 Å². The Morgan fingerprint density at radius 2 is 2.06 bits per heavy atom. The average molecular weight is 238 g/mol. The van der Waals surface area contributed by atoms with Crippen LogP contribution < -0.4 is 10.6 Å². The molecule has 0 aliphatic carbocycles. The zero-order chi connectivity index (χ0) is 12.8. The number of phenolic OH excluding ortho intramolecular Hbond substituents is 1. The van der Waals surface area contributed by atoms with Gasteiger partial charge in [0.2, 0.25) is 5.91 Å². The minimum absolute atomic E-state index is 0.0759. The number of benzene rings is 1. The largest absolute Gasteiger partial charge is 0.508 e. The monoisotopic (exact) mass is 238 g/mol. The third kappa shape index (κ3) is 3.72. The lowest BCUT2D eigenvalue weighted by Crippen LogP contribution is -2.33. The number of amides is 1. The molecule has 5 nitrogen and oxygen atoms in total. The first kappa shape index (κ1) is 13.5. The first-order chi connectivity index (χ1) is 8.08. The minimum Gasteiger partial charge on any atom is -0.508 e. The van der Waals surface area contributed by atoms with Gasteiger partial charge in [-0.3, -0.25) is 4.79 Å². The fourth-order valence-corrected chi connectivity index (χ4v) is 1.41. The normalized spacial score (nSPS) is 12.2. The van der Waals surface area contributed by atoms with Crippen molar-refractivity contribution in [2.24, 2.45) is 5.73 Å². The number of methoxy groups -OCH3 is 1. The third-order valence-corrected chi connectivity index (χ3v) is 2.61. The van der Waals surface area contributed by atoms with Gasteiger partial charge in [-0.25, -0.2) is 0 Å². The summed E-state index contributed by atoms with van der Waals surface area (Å²) in [5.41, 5.74) is 6.18. The van der Waals surface area contributed by atoms with Gasteiger partial charge in [0.1, 0.15) is 5.75 Å². The van der Waals surface area contributed by atoms with Crippen LogP contribution in [-0.4, -0.2) is 37.8 Å². The Morgan fingerprint density at radius 3 is 2.53 bits per heavy atom. The molecule has 1 aromatic rings. The van der Waals surface area contributed by atoms with Crippen molar-refractivity contribution in [1.82, 2.24) is 0 Å². The molecule has 0 radical (unpaired) electrons. The van der Waals surface area contributed by atoms with Gasteiger partial charge in [0.05, 0.1) is 12.5 Å². The lowest BCUT2D eigenvalue weighted by atomic mass is 10.2. The van der Waals surface area contributed by atoms with E-state index in [0.717, 1.165) is 5.69 Å². The zero-order valence-corrected chi connectivity index (χ0v) is 10.1. The first-order valence-electron chi connectivity index (χ1n) is 5.37. The van der Waals surface area contributed by atoms with Crippen LogP contribution >= 0.6 is 0 Å². The van der Waals surface area contributed by atoms with Gasteiger partial charge in [0, 0.05) is 26.4 Å². The van der Waals surface area contributed by atoms with Gasteiger partial charge in [-0.1, -0.05) is 0 Å². The fraction of sp³-hybridized carbons (Fsp3) is 0.417. The molecular formula is C12H18N2O3. The molecule has 94 valence electrons. The number of hydrogen-bond acceptors (Lipinski definition) is 4. The van der Waals surface area contributed by atoms with Crippen LogP contribution in [0, 0.1) is 0 Å². The van der Waals surface area contributed by atoms with E-state index in [0.29, 0.717) is 6.54 Å². The average Bonchev–Trinajstić information content (AvgIpc) is 2.35. The summed E-state index contributed by atoms with van der Waals surface area (Å²) < 4.78 is 5.06. The van der Waals surface area contributed by atoms with E-state index in [9.17, 15) is 4.79 Å². The van der Waals surface area contributed by atoms with E-state index in [2.05, 4.69) is 0 Å². The maximum atomic E-state index is 11.9. The lowest BCUT2D eigenvalue weighted by Gasteiger charge is -2.20. The highest BCUT2D eigenvalue weighted by Crippen LogP contribution is 2.18. The van der Waals surface area contributed by atoms with Gasteiger partial charge in [-0.2, -0.15) is 0 Å². The molecule has 0 aromatic heterocycles. The summed E-state index contributed by atoms with van der Waals surface area (Å²) >= 11 is 0. The molecule has 0 fully saturated rings. The number of carbonyl (C=O) groups is 1. The van der Waals surface area contributed by atoms with Crippen molar-refractivity contribution in [2.75, 3.05) is 25.6 Å². The van der Waals surface area contributed by atoms with Crippen molar-refractivity contribution in [2.45, 2.75) is 12.5 Å². The second-order valence-electron chi connectivity index (χ2n) is 3.77. The van der Waals surface area contributed by atoms with Crippen molar-refractivity contribution >= 4 is 11.6 Å². The third-order valence-electron chi connectivity index (χ3n) is 2.61. The molecule has 0 bridgehead atoms. The highest BCUT2D eigenvalue weighted by Gasteiger charge is 2.16. The Bertz CT molecular complexity index is 361. The van der Waals surface area contributed by atoms with Gasteiger partial charge >= 0.3 is 0 Å². The maximum Gasteiger partial charge on any atom is 0.229 e. The van der Waals surface area contributed by atoms with Crippen molar-refractivity contribution in [3.8, 4) is 5.75 Å². The number of carbonyl (C=O) groups excluding carboxylic acids is 1. The predicted octanol–water partition coefficient (Wildman–Crippen LogP) is 0.719. The summed E-state index contributed by atoms with van der Waals surface area (Å²) in [5.74, 6) is 0.0966. The SMILES string of the molecule is COC(CN)CC(=O)N(C)c1ccc(O)cc1. The van der Waals surface area contributed by atoms with Crippen molar-refractivity contribution in [3.05, 3.63) is 24.3 Å². The topological polar surface area (TPSA) is 75.8 Å². The van der Waals surface area contributed by atoms with Crippen LogP contribution in [0.1, 0.15) is 6.42 Å². The molecule has 1 unspecified atom stereocenters. The molecule has 3 N–H and O–H groups in total. The number of aromatic hydroxyl groups is 1. The smallest absolute Gasteiger partial charge is 0.229 e. The van der Waals surface area contributed by atoms with E-state index in [4.69, 9.17) is 15.6 Å². The fourth-order valence-electron chi connectivity index (χ4n) is 1.41. The van der Waals surface area contributed by atoms with Gasteiger partial charge in [0.15, 0.2) is 0 Å². The summed E-state index contributed by atoms with van der Waals surface area (Å²) in [4.78, 5) is 13.4. The van der Waals surface area contributed by atoms with Crippen LogP contribution in [0.25, 0.3) is 0 Å². The molecule has 0 aliphatic rings. The molecule has 1 amide bonds. The van der Waals surface area contributed by atoms with Crippen LogP contribution in [0.5, 0.6) is 5.75 Å². The highest BCUT2D eigenvalue weighted by molar-refractivity contribution is 5.93. The number of rotatable bonds is 5. The van der Waals surface area contributed by atoms with Crippen molar-refractivity contribution in [3.63, 3.8) is 0 Å². The van der Waals surface area contributed by atoms with Crippen LogP contribution in [0.15, 0.2) is 24.3 Å². The number of ether oxygens (including phenoxy) is 1. The van der Waals surface area contributed by atoms with E-state index in [1.165, 1.54) is 24.1 Å². The molecule has 0 heterocycles. The van der Waals surface area contributed by atoms with Crippen LogP contribution in [0.3, 0.4) is 0 Å². The number of nitrogens with two attached hydrogens (primary N) is 1. The Balaban J connectivity index is 2.66. The van der Waals surface area contributed by atoms with Gasteiger partial charge < -0.3 is 20.5 Å². The molecule has 1 aromatic carbocycles. The Labute approximate surface area is 101 Å². The number of nitrogens with zero attached hydrogens (tertiary/aromatic N) is 1. The minimum atomic E-state index is -0.262. The quantitative estimate of drug-likeness (QED) is 0.792. The van der Waals surface area contributed by atoms with E-state index in [-0.39, 0.29) is 24.2 Å². The zero-order valence-electron chi connectivity index (χ0n) is 10.1. The van der Waals surface area contributed by atoms with Crippen LogP contribution in [0.2, 0.25) is 0 Å². The Kier molecular flexibility index (Phi) is 4.93. The molecule has 5 heteroatoms. The van der Waals surface area contributed by atoms with Gasteiger partial charge in [0.25, 0.3) is 0 Å². The molecule has 0 aliphatic heterocycles. The molecule has 0 saturated carbocycles. The predicted molar refractivity (Wildman–Crippen MR) is 66.0 cm³/mol.